The van der Waals surface area contributed by atoms with Crippen LogP contribution in [0.15, 0.2) is 24.3 Å². The SMILES string of the molecule is NC(=O)CCNCC(O)c1ccc(Cl)cc1. The van der Waals surface area contributed by atoms with Gasteiger partial charge >= 0.3 is 0 Å². The normalized spacial score (nSPS) is 12.4. The lowest BCUT2D eigenvalue weighted by molar-refractivity contribution is -0.117. The van der Waals surface area contributed by atoms with Crippen molar-refractivity contribution in [1.29, 1.82) is 0 Å². The minimum atomic E-state index is -0.606. The van der Waals surface area contributed by atoms with Gasteiger partial charge in [-0.05, 0) is 17.7 Å². The zero-order valence-electron chi connectivity index (χ0n) is 8.82. The Bertz CT molecular complexity index is 340. The monoisotopic (exact) mass is 242 g/mol. The Morgan fingerprint density at radius 2 is 2.06 bits per heavy atom. The largest absolute Gasteiger partial charge is 0.387 e. The molecule has 0 aliphatic rings. The Kier molecular flexibility index (Phi) is 5.25. The fourth-order valence-electron chi connectivity index (χ4n) is 1.25. The molecule has 0 bridgehead atoms. The summed E-state index contributed by atoms with van der Waals surface area (Å²) in [5.41, 5.74) is 5.77. The summed E-state index contributed by atoms with van der Waals surface area (Å²) in [6.07, 6.45) is -0.335. The Morgan fingerprint density at radius 3 is 2.62 bits per heavy atom. The van der Waals surface area contributed by atoms with Gasteiger partial charge < -0.3 is 16.2 Å². The first-order chi connectivity index (χ1) is 7.59. The van der Waals surface area contributed by atoms with Crippen molar-refractivity contribution in [1.82, 2.24) is 5.32 Å². The lowest BCUT2D eigenvalue weighted by Crippen LogP contribution is -2.26. The fraction of sp³-hybridized carbons (Fsp3) is 0.364. The number of nitrogens with two attached hydrogens (primary N) is 1. The minimum Gasteiger partial charge on any atom is -0.387 e. The molecule has 1 unspecified atom stereocenters. The molecule has 0 aliphatic carbocycles. The molecule has 0 saturated carbocycles. The van der Waals surface area contributed by atoms with Crippen LogP contribution in [-0.2, 0) is 4.79 Å². The van der Waals surface area contributed by atoms with Gasteiger partial charge in [-0.3, -0.25) is 4.79 Å². The van der Waals surface area contributed by atoms with Crippen molar-refractivity contribution in [2.24, 2.45) is 5.73 Å². The zero-order chi connectivity index (χ0) is 12.0. The molecule has 0 aliphatic heterocycles. The van der Waals surface area contributed by atoms with Crippen LogP contribution in [0.1, 0.15) is 18.1 Å². The molecule has 1 aromatic rings. The van der Waals surface area contributed by atoms with Crippen LogP contribution < -0.4 is 11.1 Å². The van der Waals surface area contributed by atoms with Gasteiger partial charge in [-0.25, -0.2) is 0 Å². The topological polar surface area (TPSA) is 75.4 Å². The number of aliphatic hydroxyl groups is 1. The molecule has 0 saturated heterocycles. The van der Waals surface area contributed by atoms with Crippen LogP contribution in [0.2, 0.25) is 5.02 Å². The number of carbonyl (C=O) groups excluding carboxylic acids is 1. The third-order valence-corrected chi connectivity index (χ3v) is 2.39. The molecule has 16 heavy (non-hydrogen) atoms. The molecule has 4 nitrogen and oxygen atoms in total. The number of carbonyl (C=O) groups is 1. The summed E-state index contributed by atoms with van der Waals surface area (Å²) in [5.74, 6) is -0.353. The molecule has 1 atom stereocenters. The quantitative estimate of drug-likeness (QED) is 0.647. The number of benzene rings is 1. The van der Waals surface area contributed by atoms with E-state index in [1.165, 1.54) is 0 Å². The number of amides is 1. The van der Waals surface area contributed by atoms with E-state index in [0.29, 0.717) is 18.1 Å². The molecule has 0 heterocycles. The molecule has 0 fully saturated rings. The number of hydrogen-bond acceptors (Lipinski definition) is 3. The molecule has 1 amide bonds. The first kappa shape index (κ1) is 13.0. The molecule has 5 heteroatoms. The van der Waals surface area contributed by atoms with Gasteiger partial charge in [-0.2, -0.15) is 0 Å². The number of primary amides is 1. The van der Waals surface area contributed by atoms with Gasteiger partial charge in [0.15, 0.2) is 0 Å². The van der Waals surface area contributed by atoms with Crippen molar-refractivity contribution in [3.05, 3.63) is 34.9 Å². The van der Waals surface area contributed by atoms with E-state index < -0.39 is 6.10 Å². The number of aliphatic hydroxyl groups excluding tert-OH is 1. The summed E-state index contributed by atoms with van der Waals surface area (Å²) in [6, 6.07) is 6.98. The molecular weight excluding hydrogens is 228 g/mol. The number of nitrogens with one attached hydrogen (secondary N) is 1. The van der Waals surface area contributed by atoms with Gasteiger partial charge in [0.25, 0.3) is 0 Å². The predicted molar refractivity (Wildman–Crippen MR) is 63.1 cm³/mol. The zero-order valence-corrected chi connectivity index (χ0v) is 9.57. The van der Waals surface area contributed by atoms with E-state index >= 15 is 0 Å². The van der Waals surface area contributed by atoms with Crippen molar-refractivity contribution in [2.45, 2.75) is 12.5 Å². The molecule has 1 aromatic carbocycles. The van der Waals surface area contributed by atoms with Crippen LogP contribution in [0.5, 0.6) is 0 Å². The Hall–Kier alpha value is -1.10. The van der Waals surface area contributed by atoms with Crippen molar-refractivity contribution in [3.8, 4) is 0 Å². The van der Waals surface area contributed by atoms with E-state index in [4.69, 9.17) is 17.3 Å². The second-order valence-corrected chi connectivity index (χ2v) is 3.92. The molecule has 4 N–H and O–H groups in total. The van der Waals surface area contributed by atoms with Crippen molar-refractivity contribution < 1.29 is 9.90 Å². The smallest absolute Gasteiger partial charge is 0.218 e. The van der Waals surface area contributed by atoms with Crippen molar-refractivity contribution in [3.63, 3.8) is 0 Å². The number of halogens is 1. The van der Waals surface area contributed by atoms with Crippen molar-refractivity contribution in [2.75, 3.05) is 13.1 Å². The van der Waals surface area contributed by atoms with E-state index in [9.17, 15) is 9.90 Å². The first-order valence-corrected chi connectivity index (χ1v) is 5.40. The highest BCUT2D eigenvalue weighted by Crippen LogP contribution is 2.15. The standard InChI is InChI=1S/C11H15ClN2O2/c12-9-3-1-8(2-4-9)10(15)7-14-6-5-11(13)16/h1-4,10,14-15H,5-7H2,(H2,13,16). The third kappa shape index (κ3) is 4.61. The van der Waals surface area contributed by atoms with Gasteiger partial charge in [0.2, 0.25) is 5.91 Å². The fourth-order valence-corrected chi connectivity index (χ4v) is 1.38. The van der Waals surface area contributed by atoms with Crippen LogP contribution >= 0.6 is 11.6 Å². The molecule has 88 valence electrons. The second-order valence-electron chi connectivity index (χ2n) is 3.49. The van der Waals surface area contributed by atoms with E-state index in [0.717, 1.165) is 5.56 Å². The van der Waals surface area contributed by atoms with E-state index in [1.807, 2.05) is 0 Å². The molecule has 0 spiro atoms. The summed E-state index contributed by atoms with van der Waals surface area (Å²) in [7, 11) is 0. The molecule has 1 rings (SSSR count). The number of rotatable bonds is 6. The van der Waals surface area contributed by atoms with Crippen LogP contribution in [0.4, 0.5) is 0 Å². The maximum Gasteiger partial charge on any atom is 0.218 e. The number of hydrogen-bond donors (Lipinski definition) is 3. The second kappa shape index (κ2) is 6.48. The van der Waals surface area contributed by atoms with Gasteiger partial charge in [-0.15, -0.1) is 0 Å². The maximum atomic E-state index is 10.5. The highest BCUT2D eigenvalue weighted by Gasteiger charge is 2.06. The predicted octanol–water partition coefficient (Wildman–Crippen LogP) is 0.838. The summed E-state index contributed by atoms with van der Waals surface area (Å²) >= 11 is 5.73. The van der Waals surface area contributed by atoms with Gasteiger partial charge in [-0.1, -0.05) is 23.7 Å². The van der Waals surface area contributed by atoms with Gasteiger partial charge in [0.1, 0.15) is 0 Å². The first-order valence-electron chi connectivity index (χ1n) is 5.02. The van der Waals surface area contributed by atoms with E-state index in [2.05, 4.69) is 5.32 Å². The average Bonchev–Trinajstić information content (AvgIpc) is 2.25. The van der Waals surface area contributed by atoms with E-state index in [-0.39, 0.29) is 12.3 Å². The van der Waals surface area contributed by atoms with Crippen LogP contribution in [-0.4, -0.2) is 24.1 Å². The van der Waals surface area contributed by atoms with Crippen LogP contribution in [0.25, 0.3) is 0 Å². The molecule has 0 radical (unpaired) electrons. The van der Waals surface area contributed by atoms with Crippen LogP contribution in [0, 0.1) is 0 Å². The molecular formula is C11H15ClN2O2. The van der Waals surface area contributed by atoms with Crippen molar-refractivity contribution >= 4 is 17.5 Å². The van der Waals surface area contributed by atoms with E-state index in [1.54, 1.807) is 24.3 Å². The Balaban J connectivity index is 2.32. The highest BCUT2D eigenvalue weighted by atomic mass is 35.5. The third-order valence-electron chi connectivity index (χ3n) is 2.14. The minimum absolute atomic E-state index is 0.271. The molecule has 0 aromatic heterocycles. The van der Waals surface area contributed by atoms with Gasteiger partial charge in [0, 0.05) is 24.5 Å². The maximum absolute atomic E-state index is 10.5. The summed E-state index contributed by atoms with van der Waals surface area (Å²) in [6.45, 7) is 0.856. The van der Waals surface area contributed by atoms with Gasteiger partial charge in [0.05, 0.1) is 6.10 Å². The Labute approximate surface area is 99.4 Å². The average molecular weight is 243 g/mol. The summed E-state index contributed by atoms with van der Waals surface area (Å²) < 4.78 is 0. The lowest BCUT2D eigenvalue weighted by Gasteiger charge is -2.11. The summed E-state index contributed by atoms with van der Waals surface area (Å²) in [5, 5.41) is 13.3. The highest BCUT2D eigenvalue weighted by molar-refractivity contribution is 6.30. The lowest BCUT2D eigenvalue weighted by atomic mass is 10.1. The summed E-state index contributed by atoms with van der Waals surface area (Å²) in [4.78, 5) is 10.5. The Morgan fingerprint density at radius 1 is 1.44 bits per heavy atom. The van der Waals surface area contributed by atoms with Crippen LogP contribution in [0.3, 0.4) is 0 Å².